The van der Waals surface area contributed by atoms with E-state index in [1.54, 1.807) is 0 Å². The second kappa shape index (κ2) is 6.70. The van der Waals surface area contributed by atoms with Gasteiger partial charge in [0.1, 0.15) is 6.04 Å². The lowest BCUT2D eigenvalue weighted by Crippen LogP contribution is -2.48. The average molecular weight is 282 g/mol. The Bertz CT molecular complexity index is 468. The minimum Gasteiger partial charge on any atom is -0.368 e. The maximum Gasteiger partial charge on any atom is 0.262 e. The number of aryl methyl sites for hydroxylation is 2. The molecule has 0 aliphatic carbocycles. The van der Waals surface area contributed by atoms with Gasteiger partial charge in [-0.15, -0.1) is 11.3 Å². The van der Waals surface area contributed by atoms with E-state index in [-0.39, 0.29) is 11.8 Å². The molecule has 1 aromatic heterocycles. The Labute approximate surface area is 118 Å². The Kier molecular flexibility index (Phi) is 5.54. The number of amides is 2. The molecule has 0 fully saturated rings. The van der Waals surface area contributed by atoms with Gasteiger partial charge in [-0.25, -0.2) is 0 Å². The van der Waals surface area contributed by atoms with E-state index in [1.807, 2.05) is 26.8 Å². The van der Waals surface area contributed by atoms with Crippen molar-refractivity contribution >= 4 is 23.2 Å². The first-order valence-corrected chi connectivity index (χ1v) is 7.41. The zero-order valence-corrected chi connectivity index (χ0v) is 12.8. The average Bonchev–Trinajstić information content (AvgIpc) is 2.75. The third-order valence-electron chi connectivity index (χ3n) is 3.37. The van der Waals surface area contributed by atoms with Gasteiger partial charge in [0.25, 0.3) is 5.91 Å². The summed E-state index contributed by atoms with van der Waals surface area (Å²) in [4.78, 5) is 25.4. The van der Waals surface area contributed by atoms with E-state index < -0.39 is 11.9 Å². The third kappa shape index (κ3) is 3.80. The summed E-state index contributed by atoms with van der Waals surface area (Å²) >= 11 is 1.48. The van der Waals surface area contributed by atoms with Gasteiger partial charge in [-0.3, -0.25) is 9.59 Å². The molecule has 0 radical (unpaired) electrons. The van der Waals surface area contributed by atoms with Crippen LogP contribution in [0.3, 0.4) is 0 Å². The Morgan fingerprint density at radius 1 is 1.42 bits per heavy atom. The van der Waals surface area contributed by atoms with Crippen LogP contribution in [0.4, 0.5) is 0 Å². The highest BCUT2D eigenvalue weighted by Crippen LogP contribution is 2.22. The summed E-state index contributed by atoms with van der Waals surface area (Å²) in [6, 6.07) is 1.26. The second-order valence-corrected chi connectivity index (χ2v) is 5.95. The molecule has 106 valence electrons. The van der Waals surface area contributed by atoms with Crippen molar-refractivity contribution in [3.8, 4) is 0 Å². The van der Waals surface area contributed by atoms with Crippen LogP contribution in [0.5, 0.6) is 0 Å². The lowest BCUT2D eigenvalue weighted by Gasteiger charge is -2.20. The van der Waals surface area contributed by atoms with Crippen molar-refractivity contribution in [1.29, 1.82) is 0 Å². The first-order valence-electron chi connectivity index (χ1n) is 6.60. The lowest BCUT2D eigenvalue weighted by molar-refractivity contribution is -0.120. The summed E-state index contributed by atoms with van der Waals surface area (Å²) in [6.07, 6.45) is 1.70. The zero-order valence-electron chi connectivity index (χ0n) is 11.9. The van der Waals surface area contributed by atoms with Gasteiger partial charge in [-0.2, -0.15) is 0 Å². The Balaban J connectivity index is 2.84. The molecule has 0 saturated carbocycles. The van der Waals surface area contributed by atoms with Crippen molar-refractivity contribution < 1.29 is 9.59 Å². The van der Waals surface area contributed by atoms with E-state index in [1.165, 1.54) is 16.2 Å². The van der Waals surface area contributed by atoms with Gasteiger partial charge < -0.3 is 11.1 Å². The fourth-order valence-electron chi connectivity index (χ4n) is 1.92. The summed E-state index contributed by atoms with van der Waals surface area (Å²) in [6.45, 7) is 7.93. The van der Waals surface area contributed by atoms with Gasteiger partial charge in [0, 0.05) is 4.88 Å². The van der Waals surface area contributed by atoms with Crippen molar-refractivity contribution in [2.75, 3.05) is 0 Å². The third-order valence-corrected chi connectivity index (χ3v) is 4.75. The molecule has 2 atom stereocenters. The fourth-order valence-corrected chi connectivity index (χ4v) is 2.94. The number of thiophene rings is 1. The van der Waals surface area contributed by atoms with Crippen molar-refractivity contribution in [1.82, 2.24) is 5.32 Å². The van der Waals surface area contributed by atoms with Crippen LogP contribution in [0.2, 0.25) is 0 Å². The van der Waals surface area contributed by atoms with Gasteiger partial charge in [-0.1, -0.05) is 27.2 Å². The summed E-state index contributed by atoms with van der Waals surface area (Å²) in [5, 5.41) is 2.75. The van der Waals surface area contributed by atoms with Crippen LogP contribution >= 0.6 is 11.3 Å². The number of hydrogen-bond donors (Lipinski definition) is 2. The first-order chi connectivity index (χ1) is 8.90. The van der Waals surface area contributed by atoms with Crippen LogP contribution in [-0.4, -0.2) is 17.9 Å². The van der Waals surface area contributed by atoms with Crippen LogP contribution in [0, 0.1) is 12.8 Å². The zero-order chi connectivity index (χ0) is 14.6. The van der Waals surface area contributed by atoms with Crippen LogP contribution in [0.15, 0.2) is 6.07 Å². The largest absolute Gasteiger partial charge is 0.368 e. The quantitative estimate of drug-likeness (QED) is 0.840. The van der Waals surface area contributed by atoms with Crippen molar-refractivity contribution in [3.63, 3.8) is 0 Å². The molecule has 5 heteroatoms. The molecule has 2 unspecified atom stereocenters. The summed E-state index contributed by atoms with van der Waals surface area (Å²) in [5.74, 6) is -0.656. The second-order valence-electron chi connectivity index (χ2n) is 4.81. The van der Waals surface area contributed by atoms with E-state index in [0.29, 0.717) is 4.88 Å². The Hall–Kier alpha value is -1.36. The number of hydrogen-bond acceptors (Lipinski definition) is 3. The monoisotopic (exact) mass is 282 g/mol. The molecule has 4 nitrogen and oxygen atoms in total. The van der Waals surface area contributed by atoms with Gasteiger partial charge in [0.05, 0.1) is 4.88 Å². The van der Waals surface area contributed by atoms with E-state index in [4.69, 9.17) is 5.73 Å². The highest BCUT2D eigenvalue weighted by molar-refractivity contribution is 7.14. The predicted molar refractivity (Wildman–Crippen MR) is 78.3 cm³/mol. The van der Waals surface area contributed by atoms with Crippen molar-refractivity contribution in [2.24, 2.45) is 11.7 Å². The molecule has 19 heavy (non-hydrogen) atoms. The number of rotatable bonds is 6. The standard InChI is InChI=1S/C14H22N2O2S/c1-5-8(3)12(13(15)17)16-14(18)11-7-9(4)10(6-2)19-11/h7-8,12H,5-6H2,1-4H3,(H2,15,17)(H,16,18). The summed E-state index contributed by atoms with van der Waals surface area (Å²) in [5.41, 5.74) is 6.47. The summed E-state index contributed by atoms with van der Waals surface area (Å²) < 4.78 is 0. The fraction of sp³-hybridized carbons (Fsp3) is 0.571. The van der Waals surface area contributed by atoms with Gasteiger partial charge in [0.2, 0.25) is 5.91 Å². The maximum atomic E-state index is 12.2. The van der Waals surface area contributed by atoms with E-state index in [2.05, 4.69) is 12.2 Å². The maximum absolute atomic E-state index is 12.2. The molecule has 1 rings (SSSR count). The molecule has 0 saturated heterocycles. The highest BCUT2D eigenvalue weighted by atomic mass is 32.1. The molecule has 0 aliphatic rings. The molecule has 0 spiro atoms. The van der Waals surface area contributed by atoms with E-state index >= 15 is 0 Å². The molecule has 0 aliphatic heterocycles. The number of primary amides is 1. The van der Waals surface area contributed by atoms with E-state index in [0.717, 1.165) is 18.4 Å². The minimum absolute atomic E-state index is 0.0353. The van der Waals surface area contributed by atoms with Crippen LogP contribution in [-0.2, 0) is 11.2 Å². The van der Waals surface area contributed by atoms with Crippen LogP contribution in [0.1, 0.15) is 47.3 Å². The predicted octanol–water partition coefficient (Wildman–Crippen LogP) is 2.25. The number of nitrogens with two attached hydrogens (primary N) is 1. The Morgan fingerprint density at radius 2 is 2.05 bits per heavy atom. The van der Waals surface area contributed by atoms with Gasteiger partial charge in [0.15, 0.2) is 0 Å². The molecular formula is C14H22N2O2S. The number of carbonyl (C=O) groups is 2. The lowest BCUT2D eigenvalue weighted by atomic mass is 9.98. The molecule has 1 heterocycles. The highest BCUT2D eigenvalue weighted by Gasteiger charge is 2.24. The van der Waals surface area contributed by atoms with Crippen LogP contribution in [0.25, 0.3) is 0 Å². The number of carbonyl (C=O) groups excluding carboxylic acids is 2. The van der Waals surface area contributed by atoms with Gasteiger partial charge >= 0.3 is 0 Å². The molecular weight excluding hydrogens is 260 g/mol. The van der Waals surface area contributed by atoms with E-state index in [9.17, 15) is 9.59 Å². The topological polar surface area (TPSA) is 72.2 Å². The first kappa shape index (κ1) is 15.7. The molecule has 3 N–H and O–H groups in total. The number of nitrogens with one attached hydrogen (secondary N) is 1. The Morgan fingerprint density at radius 3 is 2.47 bits per heavy atom. The smallest absolute Gasteiger partial charge is 0.262 e. The molecule has 0 aromatic carbocycles. The molecule has 2 amide bonds. The van der Waals surface area contributed by atoms with Crippen molar-refractivity contribution in [3.05, 3.63) is 21.4 Å². The van der Waals surface area contributed by atoms with Crippen molar-refractivity contribution in [2.45, 2.75) is 46.6 Å². The van der Waals surface area contributed by atoms with Gasteiger partial charge in [-0.05, 0) is 30.9 Å². The molecule has 0 bridgehead atoms. The molecule has 1 aromatic rings. The minimum atomic E-state index is -0.606. The summed E-state index contributed by atoms with van der Waals surface area (Å²) in [7, 11) is 0. The SMILES string of the molecule is CCc1sc(C(=O)NC(C(N)=O)C(C)CC)cc1C. The van der Waals surface area contributed by atoms with Crippen LogP contribution < -0.4 is 11.1 Å². The normalized spacial score (nSPS) is 13.9.